The van der Waals surface area contributed by atoms with Crippen molar-refractivity contribution >= 4 is 11.6 Å². The van der Waals surface area contributed by atoms with E-state index < -0.39 is 0 Å². The molecular weight excluding hydrogens is 272 g/mol. The number of aromatic nitrogens is 2. The standard InChI is InChI=1S/C16H19ClN2O/c1-10-6-11(2)8-12(7-10)20-14-9-13(17)18-15(19-14)16(3,4)5/h6-9H,1-5H3. The zero-order valence-electron chi connectivity index (χ0n) is 12.5. The lowest BCUT2D eigenvalue weighted by Crippen LogP contribution is -2.16. The van der Waals surface area contributed by atoms with Gasteiger partial charge in [0, 0.05) is 11.5 Å². The second kappa shape index (κ2) is 5.41. The maximum Gasteiger partial charge on any atom is 0.224 e. The van der Waals surface area contributed by atoms with E-state index in [1.165, 1.54) is 0 Å². The van der Waals surface area contributed by atoms with Crippen molar-refractivity contribution in [1.29, 1.82) is 0 Å². The van der Waals surface area contributed by atoms with Crippen LogP contribution < -0.4 is 4.74 Å². The second-order valence-corrected chi connectivity index (χ2v) is 6.42. The first-order valence-electron chi connectivity index (χ1n) is 6.55. The predicted molar refractivity (Wildman–Crippen MR) is 81.7 cm³/mol. The fraction of sp³-hybridized carbons (Fsp3) is 0.375. The van der Waals surface area contributed by atoms with Crippen molar-refractivity contribution in [3.05, 3.63) is 46.4 Å². The highest BCUT2D eigenvalue weighted by Crippen LogP contribution is 2.27. The molecule has 0 aliphatic rings. The van der Waals surface area contributed by atoms with Gasteiger partial charge < -0.3 is 4.74 Å². The first-order valence-corrected chi connectivity index (χ1v) is 6.93. The van der Waals surface area contributed by atoms with Crippen molar-refractivity contribution < 1.29 is 4.74 Å². The van der Waals surface area contributed by atoms with Gasteiger partial charge >= 0.3 is 0 Å². The van der Waals surface area contributed by atoms with Crippen LogP contribution in [0.1, 0.15) is 37.7 Å². The maximum atomic E-state index is 6.05. The van der Waals surface area contributed by atoms with E-state index in [0.717, 1.165) is 16.9 Å². The van der Waals surface area contributed by atoms with Gasteiger partial charge in [0.05, 0.1) is 0 Å². The summed E-state index contributed by atoms with van der Waals surface area (Å²) in [6.45, 7) is 10.2. The molecule has 0 spiro atoms. The smallest absolute Gasteiger partial charge is 0.224 e. The van der Waals surface area contributed by atoms with Crippen LogP contribution in [0, 0.1) is 13.8 Å². The molecular formula is C16H19ClN2O. The molecule has 0 amide bonds. The minimum atomic E-state index is -0.175. The molecule has 2 rings (SSSR count). The SMILES string of the molecule is Cc1cc(C)cc(Oc2cc(Cl)nc(C(C)(C)C)n2)c1. The summed E-state index contributed by atoms with van der Waals surface area (Å²) in [7, 11) is 0. The van der Waals surface area contributed by atoms with Crippen LogP contribution in [0.2, 0.25) is 5.15 Å². The Labute approximate surface area is 125 Å². The van der Waals surface area contributed by atoms with Crippen molar-refractivity contribution in [2.45, 2.75) is 40.0 Å². The number of rotatable bonds is 2. The lowest BCUT2D eigenvalue weighted by Gasteiger charge is -2.17. The number of hydrogen-bond donors (Lipinski definition) is 0. The van der Waals surface area contributed by atoms with E-state index in [-0.39, 0.29) is 5.41 Å². The Morgan fingerprint density at radius 2 is 1.55 bits per heavy atom. The van der Waals surface area contributed by atoms with E-state index in [0.29, 0.717) is 16.9 Å². The van der Waals surface area contributed by atoms with E-state index in [9.17, 15) is 0 Å². The molecule has 0 unspecified atom stereocenters. The Bertz CT molecular complexity index is 613. The van der Waals surface area contributed by atoms with E-state index in [1.54, 1.807) is 6.07 Å². The number of halogens is 1. The van der Waals surface area contributed by atoms with Crippen LogP contribution in [-0.4, -0.2) is 9.97 Å². The van der Waals surface area contributed by atoms with Crippen LogP contribution in [0.25, 0.3) is 0 Å². The minimum absolute atomic E-state index is 0.175. The van der Waals surface area contributed by atoms with E-state index >= 15 is 0 Å². The van der Waals surface area contributed by atoms with Crippen molar-refractivity contribution in [3.8, 4) is 11.6 Å². The molecule has 1 heterocycles. The Morgan fingerprint density at radius 3 is 2.10 bits per heavy atom. The van der Waals surface area contributed by atoms with Crippen LogP contribution in [0.15, 0.2) is 24.3 Å². The lowest BCUT2D eigenvalue weighted by atomic mass is 9.96. The lowest BCUT2D eigenvalue weighted by molar-refractivity contribution is 0.445. The average Bonchev–Trinajstić information content (AvgIpc) is 2.25. The third-order valence-electron chi connectivity index (χ3n) is 2.76. The number of ether oxygens (including phenoxy) is 1. The summed E-state index contributed by atoms with van der Waals surface area (Å²) in [5.41, 5.74) is 2.12. The van der Waals surface area contributed by atoms with Gasteiger partial charge in [-0.25, -0.2) is 4.98 Å². The van der Waals surface area contributed by atoms with Gasteiger partial charge in [-0.15, -0.1) is 0 Å². The zero-order valence-corrected chi connectivity index (χ0v) is 13.2. The minimum Gasteiger partial charge on any atom is -0.439 e. The summed E-state index contributed by atoms with van der Waals surface area (Å²) >= 11 is 6.05. The molecule has 106 valence electrons. The average molecular weight is 291 g/mol. The van der Waals surface area contributed by atoms with E-state index in [1.807, 2.05) is 46.8 Å². The van der Waals surface area contributed by atoms with Crippen molar-refractivity contribution in [2.24, 2.45) is 0 Å². The molecule has 3 nitrogen and oxygen atoms in total. The predicted octanol–water partition coefficient (Wildman–Crippen LogP) is 4.84. The normalized spacial score (nSPS) is 11.5. The van der Waals surface area contributed by atoms with Crippen molar-refractivity contribution in [3.63, 3.8) is 0 Å². The van der Waals surface area contributed by atoms with Crippen LogP contribution in [0.4, 0.5) is 0 Å². The number of aryl methyl sites for hydroxylation is 2. The zero-order chi connectivity index (χ0) is 14.9. The number of benzene rings is 1. The molecule has 0 bridgehead atoms. The Balaban J connectivity index is 2.36. The molecule has 0 atom stereocenters. The summed E-state index contributed by atoms with van der Waals surface area (Å²) in [4.78, 5) is 8.70. The summed E-state index contributed by atoms with van der Waals surface area (Å²) in [5, 5.41) is 0.393. The molecule has 0 aliphatic heterocycles. The molecule has 0 saturated heterocycles. The molecule has 2 aromatic rings. The van der Waals surface area contributed by atoms with Gasteiger partial charge in [-0.3, -0.25) is 0 Å². The molecule has 0 N–H and O–H groups in total. The largest absolute Gasteiger partial charge is 0.439 e. The Hall–Kier alpha value is -1.61. The topological polar surface area (TPSA) is 35.0 Å². The summed E-state index contributed by atoms with van der Waals surface area (Å²) in [6, 6.07) is 7.68. The summed E-state index contributed by atoms with van der Waals surface area (Å²) < 4.78 is 5.82. The van der Waals surface area contributed by atoms with E-state index in [4.69, 9.17) is 16.3 Å². The third-order valence-corrected chi connectivity index (χ3v) is 2.95. The molecule has 20 heavy (non-hydrogen) atoms. The van der Waals surface area contributed by atoms with Gasteiger partial charge in [-0.05, 0) is 37.1 Å². The van der Waals surface area contributed by atoms with Crippen LogP contribution in [0.5, 0.6) is 11.6 Å². The Kier molecular flexibility index (Phi) is 4.00. The van der Waals surface area contributed by atoms with Gasteiger partial charge in [0.1, 0.15) is 16.7 Å². The molecule has 0 saturated carbocycles. The monoisotopic (exact) mass is 290 g/mol. The Morgan fingerprint density at radius 1 is 0.950 bits per heavy atom. The summed E-state index contributed by atoms with van der Waals surface area (Å²) in [5.74, 6) is 1.90. The maximum absolute atomic E-state index is 6.05. The van der Waals surface area contributed by atoms with Gasteiger partial charge in [0.25, 0.3) is 0 Å². The third kappa shape index (κ3) is 3.70. The molecule has 1 aromatic heterocycles. The molecule has 1 aromatic carbocycles. The number of hydrogen-bond acceptors (Lipinski definition) is 3. The second-order valence-electron chi connectivity index (χ2n) is 6.03. The van der Waals surface area contributed by atoms with Gasteiger partial charge in [0.2, 0.25) is 5.88 Å². The molecule has 4 heteroatoms. The van der Waals surface area contributed by atoms with Gasteiger partial charge in [0.15, 0.2) is 0 Å². The van der Waals surface area contributed by atoms with Gasteiger partial charge in [-0.2, -0.15) is 4.98 Å². The fourth-order valence-corrected chi connectivity index (χ4v) is 2.07. The summed E-state index contributed by atoms with van der Waals surface area (Å²) in [6.07, 6.45) is 0. The molecule has 0 radical (unpaired) electrons. The van der Waals surface area contributed by atoms with Crippen LogP contribution in [0.3, 0.4) is 0 Å². The van der Waals surface area contributed by atoms with Crippen LogP contribution in [-0.2, 0) is 5.41 Å². The highest BCUT2D eigenvalue weighted by atomic mass is 35.5. The van der Waals surface area contributed by atoms with Crippen molar-refractivity contribution in [2.75, 3.05) is 0 Å². The first-order chi connectivity index (χ1) is 9.24. The highest BCUT2D eigenvalue weighted by molar-refractivity contribution is 6.29. The quantitative estimate of drug-likeness (QED) is 0.743. The van der Waals surface area contributed by atoms with E-state index in [2.05, 4.69) is 16.0 Å². The van der Waals surface area contributed by atoms with Gasteiger partial charge in [-0.1, -0.05) is 38.4 Å². The number of nitrogens with zero attached hydrogens (tertiary/aromatic N) is 2. The molecule has 0 fully saturated rings. The van der Waals surface area contributed by atoms with Crippen molar-refractivity contribution in [1.82, 2.24) is 9.97 Å². The first kappa shape index (κ1) is 14.8. The van der Waals surface area contributed by atoms with Crippen LogP contribution >= 0.6 is 11.6 Å². The fourth-order valence-electron chi connectivity index (χ4n) is 1.90. The highest BCUT2D eigenvalue weighted by Gasteiger charge is 2.19. The molecule has 0 aliphatic carbocycles.